The number of anilines is 1. The Kier molecular flexibility index (Phi) is 5.62. The number of nitrogens with zero attached hydrogens (tertiary/aromatic N) is 1. The second-order valence-corrected chi connectivity index (χ2v) is 6.12. The highest BCUT2D eigenvalue weighted by Crippen LogP contribution is 2.27. The van der Waals surface area contributed by atoms with Gasteiger partial charge in [-0.05, 0) is 18.6 Å². The van der Waals surface area contributed by atoms with Crippen LogP contribution in [0.3, 0.4) is 0 Å². The van der Waals surface area contributed by atoms with Gasteiger partial charge in [0.15, 0.2) is 0 Å². The van der Waals surface area contributed by atoms with Crippen molar-refractivity contribution in [1.29, 1.82) is 0 Å². The lowest BCUT2D eigenvalue weighted by atomic mass is 10.1. The van der Waals surface area contributed by atoms with Gasteiger partial charge in [-0.2, -0.15) is 0 Å². The van der Waals surface area contributed by atoms with E-state index in [0.29, 0.717) is 6.04 Å². The lowest BCUT2D eigenvalue weighted by Crippen LogP contribution is -2.27. The van der Waals surface area contributed by atoms with Gasteiger partial charge in [-0.15, -0.1) is 0 Å². The number of nitrogens with one attached hydrogen (secondary N) is 1. The zero-order chi connectivity index (χ0) is 15.4. The molecule has 0 spiro atoms. The maximum atomic E-state index is 5.55. The second-order valence-electron chi connectivity index (χ2n) is 6.12. The van der Waals surface area contributed by atoms with E-state index < -0.39 is 0 Å². The van der Waals surface area contributed by atoms with Gasteiger partial charge in [0.25, 0.3) is 0 Å². The van der Waals surface area contributed by atoms with Crippen LogP contribution in [0.4, 0.5) is 5.69 Å². The maximum Gasteiger partial charge on any atom is 0.102 e. The van der Waals surface area contributed by atoms with Gasteiger partial charge >= 0.3 is 0 Å². The van der Waals surface area contributed by atoms with Crippen LogP contribution in [0.5, 0.6) is 0 Å². The van der Waals surface area contributed by atoms with Crippen LogP contribution in [-0.2, 0) is 16.0 Å². The summed E-state index contributed by atoms with van der Waals surface area (Å²) in [5, 5.41) is 3.51. The van der Waals surface area contributed by atoms with Crippen molar-refractivity contribution >= 4 is 5.69 Å². The Morgan fingerprint density at radius 2 is 1.81 bits per heavy atom. The molecule has 1 heterocycles. The van der Waals surface area contributed by atoms with Crippen LogP contribution in [0.2, 0.25) is 0 Å². The standard InChI is InChI=1S/C17H28N2O2/c1-12(2)18-9-14-8-13(3)6-7-15(14)19-10-16(20-4)17(11-19)21-5/h6-8,12,16-18H,9-11H2,1-5H3. The quantitative estimate of drug-likeness (QED) is 0.872. The fraction of sp³-hybridized carbons (Fsp3) is 0.647. The van der Waals surface area contributed by atoms with E-state index >= 15 is 0 Å². The van der Waals surface area contributed by atoms with Gasteiger partial charge in [-0.1, -0.05) is 31.5 Å². The van der Waals surface area contributed by atoms with Crippen molar-refractivity contribution in [3.05, 3.63) is 29.3 Å². The Bertz CT molecular complexity index is 450. The first-order valence-electron chi connectivity index (χ1n) is 7.68. The summed E-state index contributed by atoms with van der Waals surface area (Å²) in [6.07, 6.45) is 0.282. The Morgan fingerprint density at radius 1 is 1.19 bits per heavy atom. The third-order valence-corrected chi connectivity index (χ3v) is 4.10. The first-order chi connectivity index (χ1) is 10.0. The second kappa shape index (κ2) is 7.25. The number of aryl methyl sites for hydroxylation is 1. The summed E-state index contributed by atoms with van der Waals surface area (Å²) < 4.78 is 11.1. The number of ether oxygens (including phenoxy) is 2. The molecular formula is C17H28N2O2. The van der Waals surface area contributed by atoms with Gasteiger partial charge in [-0.25, -0.2) is 0 Å². The molecule has 4 heteroatoms. The van der Waals surface area contributed by atoms with E-state index in [1.54, 1.807) is 14.2 Å². The largest absolute Gasteiger partial charge is 0.377 e. The summed E-state index contributed by atoms with van der Waals surface area (Å²) in [6, 6.07) is 7.15. The van der Waals surface area contributed by atoms with E-state index in [0.717, 1.165) is 19.6 Å². The van der Waals surface area contributed by atoms with E-state index in [-0.39, 0.29) is 12.2 Å². The molecule has 1 aliphatic heterocycles. The van der Waals surface area contributed by atoms with E-state index in [2.05, 4.69) is 49.2 Å². The van der Waals surface area contributed by atoms with Gasteiger partial charge in [0.05, 0.1) is 0 Å². The maximum absolute atomic E-state index is 5.55. The Balaban J connectivity index is 2.19. The van der Waals surface area contributed by atoms with Gasteiger partial charge < -0.3 is 19.7 Å². The van der Waals surface area contributed by atoms with E-state index in [1.807, 2.05) is 0 Å². The first-order valence-corrected chi connectivity index (χ1v) is 7.68. The Labute approximate surface area is 128 Å². The van der Waals surface area contributed by atoms with Gasteiger partial charge in [0, 0.05) is 45.6 Å². The molecule has 118 valence electrons. The highest BCUT2D eigenvalue weighted by atomic mass is 16.5. The molecule has 2 unspecified atom stereocenters. The van der Waals surface area contributed by atoms with Gasteiger partial charge in [0.1, 0.15) is 12.2 Å². The average molecular weight is 292 g/mol. The van der Waals surface area contributed by atoms with Gasteiger partial charge in [-0.3, -0.25) is 0 Å². The molecule has 4 nitrogen and oxygen atoms in total. The van der Waals surface area contributed by atoms with Crippen LogP contribution in [0.15, 0.2) is 18.2 Å². The third-order valence-electron chi connectivity index (χ3n) is 4.10. The fourth-order valence-electron chi connectivity index (χ4n) is 2.87. The van der Waals surface area contributed by atoms with Crippen LogP contribution in [0, 0.1) is 6.92 Å². The number of methoxy groups -OCH3 is 2. The molecule has 1 saturated heterocycles. The number of benzene rings is 1. The average Bonchev–Trinajstić information content (AvgIpc) is 2.88. The molecule has 1 aliphatic rings. The molecule has 2 rings (SSSR count). The highest BCUT2D eigenvalue weighted by Gasteiger charge is 2.33. The minimum absolute atomic E-state index is 0.141. The molecule has 0 aromatic heterocycles. The van der Waals surface area contributed by atoms with Crippen molar-refractivity contribution in [2.75, 3.05) is 32.2 Å². The Hall–Kier alpha value is -1.10. The third kappa shape index (κ3) is 3.96. The smallest absolute Gasteiger partial charge is 0.102 e. The van der Waals surface area contributed by atoms with Crippen molar-refractivity contribution < 1.29 is 9.47 Å². The van der Waals surface area contributed by atoms with Crippen molar-refractivity contribution in [2.24, 2.45) is 0 Å². The van der Waals surface area contributed by atoms with Crippen LogP contribution in [0.25, 0.3) is 0 Å². The van der Waals surface area contributed by atoms with Crippen molar-refractivity contribution in [1.82, 2.24) is 5.32 Å². The highest BCUT2D eigenvalue weighted by molar-refractivity contribution is 5.56. The minimum atomic E-state index is 0.141. The zero-order valence-corrected chi connectivity index (χ0v) is 13.8. The molecule has 1 fully saturated rings. The lowest BCUT2D eigenvalue weighted by Gasteiger charge is -2.23. The summed E-state index contributed by atoms with van der Waals surface area (Å²) in [5.74, 6) is 0. The fourth-order valence-corrected chi connectivity index (χ4v) is 2.87. The van der Waals surface area contributed by atoms with Gasteiger partial charge in [0.2, 0.25) is 0 Å². The molecule has 21 heavy (non-hydrogen) atoms. The minimum Gasteiger partial charge on any atom is -0.377 e. The Morgan fingerprint density at radius 3 is 2.33 bits per heavy atom. The number of rotatable bonds is 6. The van der Waals surface area contributed by atoms with Crippen molar-refractivity contribution in [3.63, 3.8) is 0 Å². The topological polar surface area (TPSA) is 33.7 Å². The van der Waals surface area contributed by atoms with Crippen LogP contribution >= 0.6 is 0 Å². The molecule has 1 aromatic rings. The molecule has 1 aromatic carbocycles. The van der Waals surface area contributed by atoms with Crippen LogP contribution < -0.4 is 10.2 Å². The predicted molar refractivity (Wildman–Crippen MR) is 87.0 cm³/mol. The molecule has 1 N–H and O–H groups in total. The molecule has 0 aliphatic carbocycles. The first kappa shape index (κ1) is 16.3. The number of hydrogen-bond acceptors (Lipinski definition) is 4. The molecule has 0 saturated carbocycles. The molecule has 0 radical (unpaired) electrons. The molecule has 0 bridgehead atoms. The summed E-state index contributed by atoms with van der Waals surface area (Å²) in [4.78, 5) is 2.37. The molecule has 2 atom stereocenters. The number of hydrogen-bond donors (Lipinski definition) is 1. The van der Waals surface area contributed by atoms with Crippen LogP contribution in [-0.4, -0.2) is 45.6 Å². The summed E-state index contributed by atoms with van der Waals surface area (Å²) in [5.41, 5.74) is 3.93. The summed E-state index contributed by atoms with van der Waals surface area (Å²) in [7, 11) is 3.52. The van der Waals surface area contributed by atoms with E-state index in [1.165, 1.54) is 16.8 Å². The lowest BCUT2D eigenvalue weighted by molar-refractivity contribution is -0.00461. The van der Waals surface area contributed by atoms with Crippen molar-refractivity contribution in [3.8, 4) is 0 Å². The molecule has 0 amide bonds. The predicted octanol–water partition coefficient (Wildman–Crippen LogP) is 2.34. The summed E-state index contributed by atoms with van der Waals surface area (Å²) >= 11 is 0. The van der Waals surface area contributed by atoms with Crippen molar-refractivity contribution in [2.45, 2.75) is 45.6 Å². The molecular weight excluding hydrogens is 264 g/mol. The zero-order valence-electron chi connectivity index (χ0n) is 13.8. The SMILES string of the molecule is COC1CN(c2ccc(C)cc2CNC(C)C)CC1OC. The normalized spacial score (nSPS) is 22.3. The monoisotopic (exact) mass is 292 g/mol. The van der Waals surface area contributed by atoms with E-state index in [4.69, 9.17) is 9.47 Å². The summed E-state index contributed by atoms with van der Waals surface area (Å²) in [6.45, 7) is 9.14. The van der Waals surface area contributed by atoms with Crippen LogP contribution in [0.1, 0.15) is 25.0 Å². The van der Waals surface area contributed by atoms with E-state index in [9.17, 15) is 0 Å².